The first-order valence-corrected chi connectivity index (χ1v) is 13.2. The molecule has 0 unspecified atom stereocenters. The van der Waals surface area contributed by atoms with Crippen molar-refractivity contribution in [3.8, 4) is 5.75 Å². The summed E-state index contributed by atoms with van der Waals surface area (Å²) >= 11 is 0. The molecule has 0 aromatic heterocycles. The van der Waals surface area contributed by atoms with E-state index in [1.165, 1.54) is 25.7 Å². The highest BCUT2D eigenvalue weighted by atomic mass is 16.6. The van der Waals surface area contributed by atoms with Crippen LogP contribution in [0.4, 0.5) is 5.69 Å². The van der Waals surface area contributed by atoms with Crippen LogP contribution in [-0.4, -0.2) is 85.3 Å². The van der Waals surface area contributed by atoms with Gasteiger partial charge in [0.1, 0.15) is 19.0 Å². The Morgan fingerprint density at radius 2 is 1.06 bits per heavy atom. The number of carbonyl (C=O) groups excluding carboxylic acids is 1. The van der Waals surface area contributed by atoms with E-state index < -0.39 is 0 Å². The van der Waals surface area contributed by atoms with Crippen molar-refractivity contribution in [3.05, 3.63) is 24.3 Å². The van der Waals surface area contributed by atoms with Crippen LogP contribution in [0.5, 0.6) is 5.75 Å². The number of esters is 1. The lowest BCUT2D eigenvalue weighted by Gasteiger charge is -2.09. The van der Waals surface area contributed by atoms with Gasteiger partial charge in [-0.3, -0.25) is 4.79 Å². The predicted molar refractivity (Wildman–Crippen MR) is 139 cm³/mol. The molecule has 0 radical (unpaired) electrons. The Kier molecular flexibility index (Phi) is 22.1. The van der Waals surface area contributed by atoms with Crippen LogP contribution in [0.1, 0.15) is 51.9 Å². The van der Waals surface area contributed by atoms with Crippen LogP contribution in [0.3, 0.4) is 0 Å². The summed E-state index contributed by atoms with van der Waals surface area (Å²) in [5, 5.41) is 0. The molecular weight excluding hydrogens is 466 g/mol. The Labute approximate surface area is 216 Å². The number of hydrogen-bond acceptors (Lipinski definition) is 9. The first-order valence-electron chi connectivity index (χ1n) is 13.2. The van der Waals surface area contributed by atoms with Gasteiger partial charge < -0.3 is 38.9 Å². The predicted octanol–water partition coefficient (Wildman–Crippen LogP) is 4.02. The first kappa shape index (κ1) is 32.1. The molecule has 0 spiro atoms. The number of ether oxygens (including phenoxy) is 7. The van der Waals surface area contributed by atoms with E-state index in [-0.39, 0.29) is 5.97 Å². The SMILES string of the molecule is CCCCCCCCC(=O)OCCOCCOCCOCCOCCOCCOc1ccc(N)cc1. The number of nitrogens with two attached hydrogens (primary N) is 1. The third kappa shape index (κ3) is 21.4. The molecule has 0 aliphatic heterocycles. The van der Waals surface area contributed by atoms with Gasteiger partial charge in [0.15, 0.2) is 0 Å². The van der Waals surface area contributed by atoms with E-state index in [1.54, 1.807) is 12.1 Å². The van der Waals surface area contributed by atoms with Gasteiger partial charge in [0, 0.05) is 12.1 Å². The van der Waals surface area contributed by atoms with E-state index in [9.17, 15) is 4.79 Å². The van der Waals surface area contributed by atoms with Crippen LogP contribution in [0.15, 0.2) is 24.3 Å². The average molecular weight is 514 g/mol. The van der Waals surface area contributed by atoms with Crippen LogP contribution in [0, 0.1) is 0 Å². The molecule has 0 aliphatic rings. The third-order valence-corrected chi connectivity index (χ3v) is 5.09. The Morgan fingerprint density at radius 3 is 1.58 bits per heavy atom. The minimum absolute atomic E-state index is 0.140. The molecule has 1 aromatic carbocycles. The van der Waals surface area contributed by atoms with E-state index in [4.69, 9.17) is 38.9 Å². The largest absolute Gasteiger partial charge is 0.491 e. The van der Waals surface area contributed by atoms with Gasteiger partial charge in [-0.2, -0.15) is 0 Å². The fourth-order valence-corrected chi connectivity index (χ4v) is 3.10. The zero-order chi connectivity index (χ0) is 25.9. The highest BCUT2D eigenvalue weighted by Gasteiger charge is 2.02. The summed E-state index contributed by atoms with van der Waals surface area (Å²) in [7, 11) is 0. The highest BCUT2D eigenvalue weighted by molar-refractivity contribution is 5.69. The molecule has 0 aliphatic carbocycles. The number of rotatable bonds is 26. The summed E-state index contributed by atoms with van der Waals surface area (Å²) in [6.07, 6.45) is 7.45. The maximum atomic E-state index is 11.6. The van der Waals surface area contributed by atoms with Gasteiger partial charge in [0.05, 0.1) is 66.1 Å². The monoisotopic (exact) mass is 513 g/mol. The molecule has 0 fully saturated rings. The van der Waals surface area contributed by atoms with Crippen molar-refractivity contribution >= 4 is 11.7 Å². The van der Waals surface area contributed by atoms with Gasteiger partial charge in [-0.05, 0) is 30.7 Å². The second kappa shape index (κ2) is 24.8. The second-order valence-corrected chi connectivity index (χ2v) is 8.22. The molecule has 9 heteroatoms. The summed E-state index contributed by atoms with van der Waals surface area (Å²) < 4.78 is 37.9. The summed E-state index contributed by atoms with van der Waals surface area (Å²) in [5.74, 6) is 0.633. The fraction of sp³-hybridized carbons (Fsp3) is 0.741. The van der Waals surface area contributed by atoms with Crippen LogP contribution in [-0.2, 0) is 33.2 Å². The minimum Gasteiger partial charge on any atom is -0.491 e. The molecule has 208 valence electrons. The van der Waals surface area contributed by atoms with E-state index in [1.807, 2.05) is 12.1 Å². The maximum absolute atomic E-state index is 11.6. The summed E-state index contributed by atoms with van der Waals surface area (Å²) in [4.78, 5) is 11.6. The van der Waals surface area contributed by atoms with Crippen molar-refractivity contribution < 1.29 is 38.0 Å². The Morgan fingerprint density at radius 1 is 0.611 bits per heavy atom. The summed E-state index contributed by atoms with van der Waals surface area (Å²) in [6.45, 7) is 7.80. The van der Waals surface area contributed by atoms with Gasteiger partial charge in [-0.1, -0.05) is 39.0 Å². The molecule has 0 heterocycles. The molecule has 0 saturated heterocycles. The van der Waals surface area contributed by atoms with Crippen LogP contribution < -0.4 is 10.5 Å². The number of unbranched alkanes of at least 4 members (excludes halogenated alkanes) is 5. The van der Waals surface area contributed by atoms with E-state index in [0.717, 1.165) is 18.6 Å². The number of nitrogen functional groups attached to an aromatic ring is 1. The number of carbonyl (C=O) groups is 1. The molecule has 2 N–H and O–H groups in total. The van der Waals surface area contributed by atoms with Gasteiger partial charge in [-0.25, -0.2) is 0 Å². The lowest BCUT2D eigenvalue weighted by Crippen LogP contribution is -2.15. The van der Waals surface area contributed by atoms with Gasteiger partial charge in [-0.15, -0.1) is 0 Å². The molecule has 0 bridgehead atoms. The Balaban J connectivity index is 1.70. The van der Waals surface area contributed by atoms with Crippen LogP contribution >= 0.6 is 0 Å². The quantitative estimate of drug-likeness (QED) is 0.112. The maximum Gasteiger partial charge on any atom is 0.305 e. The number of hydrogen-bond donors (Lipinski definition) is 1. The zero-order valence-corrected chi connectivity index (χ0v) is 22.1. The Bertz CT molecular complexity index is 614. The molecule has 0 atom stereocenters. The van der Waals surface area contributed by atoms with Crippen LogP contribution in [0.2, 0.25) is 0 Å². The molecule has 9 nitrogen and oxygen atoms in total. The van der Waals surface area contributed by atoms with Crippen molar-refractivity contribution in [1.82, 2.24) is 0 Å². The van der Waals surface area contributed by atoms with Gasteiger partial charge in [0.2, 0.25) is 0 Å². The van der Waals surface area contributed by atoms with E-state index in [2.05, 4.69) is 6.92 Å². The first-order chi connectivity index (χ1) is 17.7. The zero-order valence-electron chi connectivity index (χ0n) is 22.1. The Hall–Kier alpha value is -1.91. The smallest absolute Gasteiger partial charge is 0.305 e. The minimum atomic E-state index is -0.140. The van der Waals surface area contributed by atoms with E-state index >= 15 is 0 Å². The van der Waals surface area contributed by atoms with Crippen molar-refractivity contribution in [2.24, 2.45) is 0 Å². The molecule has 1 aromatic rings. The molecule has 1 rings (SSSR count). The summed E-state index contributed by atoms with van der Waals surface area (Å²) in [6, 6.07) is 7.26. The summed E-state index contributed by atoms with van der Waals surface area (Å²) in [5.41, 5.74) is 6.34. The normalized spacial score (nSPS) is 11.0. The second-order valence-electron chi connectivity index (χ2n) is 8.22. The fourth-order valence-electron chi connectivity index (χ4n) is 3.10. The number of benzene rings is 1. The van der Waals surface area contributed by atoms with Crippen molar-refractivity contribution in [3.63, 3.8) is 0 Å². The lowest BCUT2D eigenvalue weighted by atomic mass is 10.1. The molecule has 36 heavy (non-hydrogen) atoms. The van der Waals surface area contributed by atoms with Crippen molar-refractivity contribution in [1.29, 1.82) is 0 Å². The standard InChI is InChI=1S/C27H47NO8/c1-2-3-4-5-6-7-8-27(29)36-24-22-34-20-18-32-16-14-30-13-15-31-17-19-33-21-23-35-26-11-9-25(28)10-12-26/h9-12H,2-8,13-24,28H2,1H3. The molecule has 0 saturated carbocycles. The lowest BCUT2D eigenvalue weighted by molar-refractivity contribution is -0.145. The number of anilines is 1. The average Bonchev–Trinajstić information content (AvgIpc) is 2.88. The third-order valence-electron chi connectivity index (χ3n) is 5.09. The van der Waals surface area contributed by atoms with Crippen molar-refractivity contribution in [2.75, 3.05) is 85.0 Å². The molecule has 0 amide bonds. The van der Waals surface area contributed by atoms with Crippen molar-refractivity contribution in [2.45, 2.75) is 51.9 Å². The van der Waals surface area contributed by atoms with Crippen LogP contribution in [0.25, 0.3) is 0 Å². The topological polar surface area (TPSA) is 108 Å². The van der Waals surface area contributed by atoms with Gasteiger partial charge in [0.25, 0.3) is 0 Å². The van der Waals surface area contributed by atoms with E-state index in [0.29, 0.717) is 91.4 Å². The highest BCUT2D eigenvalue weighted by Crippen LogP contribution is 2.12. The van der Waals surface area contributed by atoms with Gasteiger partial charge >= 0.3 is 5.97 Å². The molecular formula is C27H47NO8.